The van der Waals surface area contributed by atoms with E-state index in [1.165, 1.54) is 0 Å². The minimum absolute atomic E-state index is 0.0573. The van der Waals surface area contributed by atoms with E-state index in [9.17, 15) is 9.59 Å². The first-order valence-electron chi connectivity index (χ1n) is 8.51. The number of benzene rings is 1. The van der Waals surface area contributed by atoms with Crippen molar-refractivity contribution in [3.8, 4) is 0 Å². The normalized spacial score (nSPS) is 11.5. The van der Waals surface area contributed by atoms with Crippen molar-refractivity contribution in [1.29, 1.82) is 0 Å². The van der Waals surface area contributed by atoms with Crippen molar-refractivity contribution in [3.63, 3.8) is 0 Å². The van der Waals surface area contributed by atoms with E-state index < -0.39 is 0 Å². The number of carbonyl (C=O) groups excluding carboxylic acids is 2. The van der Waals surface area contributed by atoms with E-state index in [4.69, 9.17) is 5.11 Å². The molecule has 1 aromatic carbocycles. The zero-order valence-electron chi connectivity index (χ0n) is 14.8. The number of rotatable bonds is 9. The topological polar surface area (TPSA) is 78.4 Å². The SMILES string of the molecule is CCC(=CC(=O)Nc1ccc(CC(=O)NC(CC)CO)cc1)CC. The summed E-state index contributed by atoms with van der Waals surface area (Å²) in [5.74, 6) is -0.251. The Balaban J connectivity index is 2.58. The van der Waals surface area contributed by atoms with Gasteiger partial charge in [-0.05, 0) is 37.0 Å². The van der Waals surface area contributed by atoms with Gasteiger partial charge in [-0.3, -0.25) is 9.59 Å². The molecule has 0 saturated carbocycles. The van der Waals surface area contributed by atoms with E-state index in [1.807, 2.05) is 32.9 Å². The van der Waals surface area contributed by atoms with Crippen LogP contribution in [-0.2, 0) is 16.0 Å². The molecule has 1 atom stereocenters. The van der Waals surface area contributed by atoms with Gasteiger partial charge in [-0.15, -0.1) is 0 Å². The molecule has 0 bridgehead atoms. The van der Waals surface area contributed by atoms with E-state index in [0.29, 0.717) is 12.1 Å². The molecular formula is C19H28N2O3. The van der Waals surface area contributed by atoms with Gasteiger partial charge < -0.3 is 15.7 Å². The van der Waals surface area contributed by atoms with Crippen LogP contribution in [0.2, 0.25) is 0 Å². The molecule has 0 fully saturated rings. The molecule has 3 N–H and O–H groups in total. The summed E-state index contributed by atoms with van der Waals surface area (Å²) in [6, 6.07) is 7.01. The third kappa shape index (κ3) is 6.96. The fourth-order valence-corrected chi connectivity index (χ4v) is 2.26. The Bertz CT molecular complexity index is 554. The molecule has 0 aliphatic heterocycles. The molecule has 1 unspecified atom stereocenters. The van der Waals surface area contributed by atoms with Gasteiger partial charge >= 0.3 is 0 Å². The van der Waals surface area contributed by atoms with E-state index in [1.54, 1.807) is 18.2 Å². The maximum Gasteiger partial charge on any atom is 0.248 e. The molecule has 5 heteroatoms. The molecule has 5 nitrogen and oxygen atoms in total. The summed E-state index contributed by atoms with van der Waals surface area (Å²) >= 11 is 0. The number of carbonyl (C=O) groups is 2. The van der Waals surface area contributed by atoms with Crippen LogP contribution < -0.4 is 10.6 Å². The van der Waals surface area contributed by atoms with Gasteiger partial charge in [0.1, 0.15) is 0 Å². The predicted molar refractivity (Wildman–Crippen MR) is 96.7 cm³/mol. The monoisotopic (exact) mass is 332 g/mol. The second kappa shape index (κ2) is 10.6. The van der Waals surface area contributed by atoms with Gasteiger partial charge in [-0.25, -0.2) is 0 Å². The van der Waals surface area contributed by atoms with Gasteiger partial charge in [0.25, 0.3) is 0 Å². The zero-order valence-corrected chi connectivity index (χ0v) is 14.8. The van der Waals surface area contributed by atoms with Crippen LogP contribution in [0.4, 0.5) is 5.69 Å². The van der Waals surface area contributed by atoms with Crippen molar-refractivity contribution >= 4 is 17.5 Å². The molecular weight excluding hydrogens is 304 g/mol. The smallest absolute Gasteiger partial charge is 0.248 e. The molecule has 1 rings (SSSR count). The highest BCUT2D eigenvalue weighted by Crippen LogP contribution is 2.12. The number of aliphatic hydroxyl groups excluding tert-OH is 1. The quantitative estimate of drug-likeness (QED) is 0.609. The second-order valence-corrected chi connectivity index (χ2v) is 5.73. The summed E-state index contributed by atoms with van der Waals surface area (Å²) in [6.07, 6.45) is 4.31. The standard InChI is InChI=1S/C19H28N2O3/c1-4-14(5-2)11-18(23)21-17-9-7-15(8-10-17)12-19(24)20-16(6-3)13-22/h7-11,16,22H,4-6,12-13H2,1-3H3,(H,20,24)(H,21,23). The fourth-order valence-electron chi connectivity index (χ4n) is 2.26. The molecule has 24 heavy (non-hydrogen) atoms. The van der Waals surface area contributed by atoms with E-state index in [0.717, 1.165) is 24.0 Å². The molecule has 0 radical (unpaired) electrons. The molecule has 0 saturated heterocycles. The number of hydrogen-bond acceptors (Lipinski definition) is 3. The average molecular weight is 332 g/mol. The van der Waals surface area contributed by atoms with Crippen LogP contribution in [0, 0.1) is 0 Å². The number of aliphatic hydroxyl groups is 1. The van der Waals surface area contributed by atoms with Crippen molar-refractivity contribution in [3.05, 3.63) is 41.5 Å². The van der Waals surface area contributed by atoms with Crippen LogP contribution in [-0.4, -0.2) is 29.6 Å². The van der Waals surface area contributed by atoms with Crippen LogP contribution in [0.25, 0.3) is 0 Å². The Morgan fingerprint density at radius 1 is 1.12 bits per heavy atom. The minimum atomic E-state index is -0.200. The highest BCUT2D eigenvalue weighted by Gasteiger charge is 2.10. The molecule has 2 amide bonds. The third-order valence-electron chi connectivity index (χ3n) is 3.91. The van der Waals surface area contributed by atoms with Gasteiger partial charge in [0.15, 0.2) is 0 Å². The Morgan fingerprint density at radius 2 is 1.75 bits per heavy atom. The van der Waals surface area contributed by atoms with Crippen molar-refractivity contribution in [2.45, 2.75) is 52.5 Å². The Kier molecular flexibility index (Phi) is 8.79. The maximum atomic E-state index is 11.9. The van der Waals surface area contributed by atoms with E-state index in [-0.39, 0.29) is 30.9 Å². The Labute approximate surface area is 144 Å². The van der Waals surface area contributed by atoms with Crippen molar-refractivity contribution in [1.82, 2.24) is 5.32 Å². The first-order chi connectivity index (χ1) is 11.5. The number of nitrogens with one attached hydrogen (secondary N) is 2. The lowest BCUT2D eigenvalue weighted by Crippen LogP contribution is -2.37. The molecule has 132 valence electrons. The Morgan fingerprint density at radius 3 is 2.25 bits per heavy atom. The van der Waals surface area contributed by atoms with Crippen molar-refractivity contribution in [2.24, 2.45) is 0 Å². The second-order valence-electron chi connectivity index (χ2n) is 5.73. The molecule has 0 spiro atoms. The van der Waals surface area contributed by atoms with Gasteiger partial charge in [0.2, 0.25) is 11.8 Å². The van der Waals surface area contributed by atoms with Crippen LogP contribution in [0.3, 0.4) is 0 Å². The molecule has 0 aliphatic rings. The fraction of sp³-hybridized carbons (Fsp3) is 0.474. The molecule has 0 aliphatic carbocycles. The van der Waals surface area contributed by atoms with Gasteiger partial charge in [-0.2, -0.15) is 0 Å². The van der Waals surface area contributed by atoms with Crippen molar-refractivity contribution < 1.29 is 14.7 Å². The number of allylic oxidation sites excluding steroid dienone is 1. The number of amides is 2. The average Bonchev–Trinajstić information content (AvgIpc) is 2.59. The molecule has 1 aromatic rings. The summed E-state index contributed by atoms with van der Waals surface area (Å²) in [5.41, 5.74) is 2.67. The first kappa shape index (κ1) is 19.9. The summed E-state index contributed by atoms with van der Waals surface area (Å²) in [5, 5.41) is 14.7. The van der Waals surface area contributed by atoms with E-state index >= 15 is 0 Å². The summed E-state index contributed by atoms with van der Waals surface area (Å²) in [6.45, 7) is 5.92. The van der Waals surface area contributed by atoms with Crippen LogP contribution in [0.1, 0.15) is 45.6 Å². The maximum absolute atomic E-state index is 11.9. The number of hydrogen-bond donors (Lipinski definition) is 3. The Hall–Kier alpha value is -2.14. The summed E-state index contributed by atoms with van der Waals surface area (Å²) < 4.78 is 0. The van der Waals surface area contributed by atoms with Gasteiger partial charge in [0, 0.05) is 11.8 Å². The first-order valence-corrected chi connectivity index (χ1v) is 8.51. The lowest BCUT2D eigenvalue weighted by atomic mass is 10.1. The predicted octanol–water partition coefficient (Wildman–Crippen LogP) is 2.80. The third-order valence-corrected chi connectivity index (χ3v) is 3.91. The zero-order chi connectivity index (χ0) is 17.9. The van der Waals surface area contributed by atoms with E-state index in [2.05, 4.69) is 10.6 Å². The van der Waals surface area contributed by atoms with Crippen LogP contribution in [0.15, 0.2) is 35.9 Å². The van der Waals surface area contributed by atoms with Crippen molar-refractivity contribution in [2.75, 3.05) is 11.9 Å². The molecule has 0 heterocycles. The van der Waals surface area contributed by atoms with Crippen LogP contribution in [0.5, 0.6) is 0 Å². The lowest BCUT2D eigenvalue weighted by molar-refractivity contribution is -0.121. The lowest BCUT2D eigenvalue weighted by Gasteiger charge is -2.14. The minimum Gasteiger partial charge on any atom is -0.394 e. The number of anilines is 1. The highest BCUT2D eigenvalue weighted by atomic mass is 16.3. The summed E-state index contributed by atoms with van der Waals surface area (Å²) in [7, 11) is 0. The van der Waals surface area contributed by atoms with Crippen LogP contribution >= 0.6 is 0 Å². The largest absolute Gasteiger partial charge is 0.394 e. The highest BCUT2D eigenvalue weighted by molar-refractivity contribution is 5.99. The summed E-state index contributed by atoms with van der Waals surface area (Å²) in [4.78, 5) is 23.8. The van der Waals surface area contributed by atoms with Gasteiger partial charge in [-0.1, -0.05) is 38.5 Å². The van der Waals surface area contributed by atoms with Gasteiger partial charge in [0.05, 0.1) is 19.1 Å². The molecule has 0 aromatic heterocycles.